The van der Waals surface area contributed by atoms with Gasteiger partial charge in [-0.1, -0.05) is 6.92 Å². The van der Waals surface area contributed by atoms with Gasteiger partial charge in [-0.25, -0.2) is 8.78 Å². The molecule has 2 aliphatic rings. The first-order valence-electron chi connectivity index (χ1n) is 5.92. The number of alkyl halides is 2. The van der Waals surface area contributed by atoms with Gasteiger partial charge in [0.1, 0.15) is 5.69 Å². The molecule has 0 spiro atoms. The Balaban J connectivity index is 2.17. The Morgan fingerprint density at radius 1 is 1.38 bits per heavy atom. The van der Waals surface area contributed by atoms with Crippen molar-refractivity contribution in [2.75, 3.05) is 0 Å². The lowest BCUT2D eigenvalue weighted by Gasteiger charge is -2.14. The fourth-order valence-electron chi connectivity index (χ4n) is 3.17. The van der Waals surface area contributed by atoms with E-state index in [1.165, 1.54) is 0 Å². The zero-order valence-corrected chi connectivity index (χ0v) is 9.74. The third-order valence-corrected chi connectivity index (χ3v) is 3.99. The van der Waals surface area contributed by atoms with Gasteiger partial charge in [0.05, 0.1) is 0 Å². The Kier molecular flexibility index (Phi) is 1.95. The van der Waals surface area contributed by atoms with Gasteiger partial charge >= 0.3 is 0 Å². The van der Waals surface area contributed by atoms with E-state index in [4.69, 9.17) is 0 Å². The molecule has 1 saturated carbocycles. The minimum absolute atomic E-state index is 0.0422. The molecular weight excluding hydrogens is 210 g/mol. The summed E-state index contributed by atoms with van der Waals surface area (Å²) in [6.07, 6.45) is -1.35. The molecule has 0 amide bonds. The summed E-state index contributed by atoms with van der Waals surface area (Å²) >= 11 is 0. The summed E-state index contributed by atoms with van der Waals surface area (Å²) in [4.78, 5) is 0. The van der Waals surface area contributed by atoms with Crippen molar-refractivity contribution in [1.29, 1.82) is 0 Å². The van der Waals surface area contributed by atoms with E-state index < -0.39 is 6.43 Å². The highest BCUT2D eigenvalue weighted by Crippen LogP contribution is 2.64. The number of nitrogens with zero attached hydrogens (tertiary/aromatic N) is 2. The molecule has 3 rings (SSSR count). The van der Waals surface area contributed by atoms with Crippen LogP contribution >= 0.6 is 0 Å². The molecule has 2 nitrogen and oxygen atoms in total. The van der Waals surface area contributed by atoms with E-state index in [2.05, 4.69) is 12.0 Å². The standard InChI is InChI=1S/C12H16F2N2/c1-5(2)16-11-6(3)7-4-8(7)9(11)10(15-16)12(13)14/h5-8,12H,4H2,1-3H3. The molecule has 1 aromatic heterocycles. The van der Waals surface area contributed by atoms with Crippen molar-refractivity contribution in [3.63, 3.8) is 0 Å². The molecule has 4 heteroatoms. The number of fused-ring (bicyclic) bond motifs is 3. The minimum Gasteiger partial charge on any atom is -0.266 e. The second kappa shape index (κ2) is 3.05. The Labute approximate surface area is 93.6 Å². The van der Waals surface area contributed by atoms with E-state index in [0.717, 1.165) is 17.7 Å². The van der Waals surface area contributed by atoms with E-state index in [-0.39, 0.29) is 11.7 Å². The maximum absolute atomic E-state index is 12.9. The minimum atomic E-state index is -2.43. The monoisotopic (exact) mass is 226 g/mol. The van der Waals surface area contributed by atoms with Crippen LogP contribution in [0, 0.1) is 5.92 Å². The van der Waals surface area contributed by atoms with Crippen LogP contribution in [0.4, 0.5) is 8.78 Å². The highest BCUT2D eigenvalue weighted by Gasteiger charge is 2.54. The topological polar surface area (TPSA) is 17.8 Å². The summed E-state index contributed by atoms with van der Waals surface area (Å²) in [7, 11) is 0. The predicted octanol–water partition coefficient (Wildman–Crippen LogP) is 3.62. The van der Waals surface area contributed by atoms with Gasteiger partial charge in [0.25, 0.3) is 6.43 Å². The van der Waals surface area contributed by atoms with Crippen molar-refractivity contribution in [2.24, 2.45) is 5.92 Å². The number of hydrogen-bond donors (Lipinski definition) is 0. The molecular formula is C12H16F2N2. The smallest absolute Gasteiger partial charge is 0.266 e. The van der Waals surface area contributed by atoms with Crippen molar-refractivity contribution < 1.29 is 8.78 Å². The van der Waals surface area contributed by atoms with Crippen molar-refractivity contribution in [3.05, 3.63) is 17.0 Å². The Bertz CT molecular complexity index is 414. The lowest BCUT2D eigenvalue weighted by Crippen LogP contribution is -2.10. The number of rotatable bonds is 2. The summed E-state index contributed by atoms with van der Waals surface area (Å²) in [6.45, 7) is 6.14. The summed E-state index contributed by atoms with van der Waals surface area (Å²) in [6, 6.07) is 0.168. The summed E-state index contributed by atoms with van der Waals surface area (Å²) in [5.41, 5.74) is 1.99. The molecule has 88 valence electrons. The molecule has 2 aliphatic carbocycles. The molecule has 3 unspecified atom stereocenters. The summed E-state index contributed by atoms with van der Waals surface area (Å²) < 4.78 is 27.7. The highest BCUT2D eigenvalue weighted by molar-refractivity contribution is 5.45. The van der Waals surface area contributed by atoms with E-state index in [0.29, 0.717) is 17.8 Å². The largest absolute Gasteiger partial charge is 0.282 e. The van der Waals surface area contributed by atoms with Gasteiger partial charge in [-0.15, -0.1) is 0 Å². The van der Waals surface area contributed by atoms with Crippen LogP contribution in [0.1, 0.15) is 68.4 Å². The van der Waals surface area contributed by atoms with Gasteiger partial charge in [0.2, 0.25) is 0 Å². The van der Waals surface area contributed by atoms with E-state index >= 15 is 0 Å². The van der Waals surface area contributed by atoms with Crippen LogP contribution in [0.2, 0.25) is 0 Å². The molecule has 0 aromatic carbocycles. The average molecular weight is 226 g/mol. The second-order valence-electron chi connectivity index (χ2n) is 5.32. The lowest BCUT2D eigenvalue weighted by atomic mass is 10.0. The molecule has 0 radical (unpaired) electrons. The van der Waals surface area contributed by atoms with E-state index in [9.17, 15) is 8.78 Å². The molecule has 0 bridgehead atoms. The Morgan fingerprint density at radius 2 is 2.06 bits per heavy atom. The summed E-state index contributed by atoms with van der Waals surface area (Å²) in [5, 5.41) is 4.12. The number of halogens is 2. The van der Waals surface area contributed by atoms with E-state index in [1.807, 2.05) is 18.5 Å². The number of hydrogen-bond acceptors (Lipinski definition) is 1. The highest BCUT2D eigenvalue weighted by atomic mass is 19.3. The fourth-order valence-corrected chi connectivity index (χ4v) is 3.17. The molecule has 0 N–H and O–H groups in total. The van der Waals surface area contributed by atoms with Crippen LogP contribution in [0.3, 0.4) is 0 Å². The summed E-state index contributed by atoms with van der Waals surface area (Å²) in [5.74, 6) is 1.39. The molecule has 0 aliphatic heterocycles. The number of aromatic nitrogens is 2. The Morgan fingerprint density at radius 3 is 2.62 bits per heavy atom. The SMILES string of the molecule is CC1c2c(c(C(F)F)nn2C(C)C)C2CC12. The van der Waals surface area contributed by atoms with Gasteiger partial charge in [-0.05, 0) is 32.1 Å². The van der Waals surface area contributed by atoms with Crippen molar-refractivity contribution in [2.45, 2.75) is 51.5 Å². The quantitative estimate of drug-likeness (QED) is 0.753. The van der Waals surface area contributed by atoms with E-state index in [1.54, 1.807) is 0 Å². The molecule has 1 heterocycles. The van der Waals surface area contributed by atoms with Crippen LogP contribution in [0.5, 0.6) is 0 Å². The second-order valence-corrected chi connectivity index (χ2v) is 5.32. The van der Waals surface area contributed by atoms with Crippen LogP contribution in [-0.2, 0) is 0 Å². The Hall–Kier alpha value is -0.930. The van der Waals surface area contributed by atoms with Gasteiger partial charge in [-0.3, -0.25) is 4.68 Å². The lowest BCUT2D eigenvalue weighted by molar-refractivity contribution is 0.143. The van der Waals surface area contributed by atoms with Gasteiger partial charge in [0.15, 0.2) is 0 Å². The van der Waals surface area contributed by atoms with Crippen molar-refractivity contribution >= 4 is 0 Å². The maximum Gasteiger partial charge on any atom is 0.282 e. The average Bonchev–Trinajstić information content (AvgIpc) is 2.79. The van der Waals surface area contributed by atoms with Crippen LogP contribution in [0.15, 0.2) is 0 Å². The zero-order valence-electron chi connectivity index (χ0n) is 9.74. The van der Waals surface area contributed by atoms with Gasteiger partial charge in [0, 0.05) is 23.2 Å². The fraction of sp³-hybridized carbons (Fsp3) is 0.750. The van der Waals surface area contributed by atoms with Crippen LogP contribution < -0.4 is 0 Å². The zero-order chi connectivity index (χ0) is 11.6. The molecule has 0 saturated heterocycles. The van der Waals surface area contributed by atoms with Gasteiger partial charge < -0.3 is 0 Å². The predicted molar refractivity (Wildman–Crippen MR) is 56.8 cm³/mol. The maximum atomic E-state index is 12.9. The first-order valence-corrected chi connectivity index (χ1v) is 5.92. The first kappa shape index (κ1) is 10.2. The van der Waals surface area contributed by atoms with Crippen molar-refractivity contribution in [1.82, 2.24) is 9.78 Å². The molecule has 1 fully saturated rings. The van der Waals surface area contributed by atoms with Crippen molar-refractivity contribution in [3.8, 4) is 0 Å². The third kappa shape index (κ3) is 1.13. The van der Waals surface area contributed by atoms with Gasteiger partial charge in [-0.2, -0.15) is 5.10 Å². The van der Waals surface area contributed by atoms with Crippen LogP contribution in [0.25, 0.3) is 0 Å². The third-order valence-electron chi connectivity index (χ3n) is 3.99. The molecule has 16 heavy (non-hydrogen) atoms. The first-order chi connectivity index (χ1) is 7.52. The van der Waals surface area contributed by atoms with Crippen LogP contribution in [-0.4, -0.2) is 9.78 Å². The normalized spacial score (nSPS) is 31.1. The molecule has 1 aromatic rings. The molecule has 3 atom stereocenters.